The molecule has 2 fully saturated rings. The molecule has 1 aromatic carbocycles. The first-order chi connectivity index (χ1) is 20.6. The lowest BCUT2D eigenvalue weighted by atomic mass is 10.1. The van der Waals surface area contributed by atoms with Gasteiger partial charge in [-0.05, 0) is 46.4 Å². The van der Waals surface area contributed by atoms with Crippen LogP contribution in [-0.4, -0.2) is 64.1 Å². The van der Waals surface area contributed by atoms with Crippen molar-refractivity contribution in [3.8, 4) is 11.5 Å². The number of anilines is 1. The van der Waals surface area contributed by atoms with E-state index in [2.05, 4.69) is 10.3 Å². The maximum Gasteiger partial charge on any atom is 0.351 e. The molecule has 3 aliphatic heterocycles. The minimum Gasteiger partial charge on any atom is -0.454 e. The number of benzene rings is 1. The predicted octanol–water partition coefficient (Wildman–Crippen LogP) is 5.71. The van der Waals surface area contributed by atoms with Gasteiger partial charge in [-0.3, -0.25) is 9.36 Å². The number of aromatic nitrogens is 2. The summed E-state index contributed by atoms with van der Waals surface area (Å²) in [7, 11) is -6.34. The van der Waals surface area contributed by atoms with Crippen LogP contribution in [-0.2, 0) is 17.7 Å². The molecule has 0 bridgehead atoms. The summed E-state index contributed by atoms with van der Waals surface area (Å²) < 4.78 is 70.0. The Balaban J connectivity index is 1.44. The fraction of sp³-hybridized carbons (Fsp3) is 0.621. The number of fused-ring (bicyclic) bond motifs is 2. The van der Waals surface area contributed by atoms with Crippen LogP contribution in [0.4, 0.5) is 14.6 Å². The van der Waals surface area contributed by atoms with Crippen molar-refractivity contribution < 1.29 is 40.8 Å². The van der Waals surface area contributed by atoms with Crippen LogP contribution in [0.3, 0.4) is 0 Å². The van der Waals surface area contributed by atoms with Crippen molar-refractivity contribution in [2.24, 2.45) is 0 Å². The Morgan fingerprint density at radius 1 is 0.977 bits per heavy atom. The molecule has 0 aliphatic carbocycles. The molecule has 44 heavy (non-hydrogen) atoms. The molecule has 1 aromatic heterocycles. The van der Waals surface area contributed by atoms with Crippen molar-refractivity contribution in [3.05, 3.63) is 46.5 Å². The molecule has 11 nitrogen and oxygen atoms in total. The molecule has 2 aromatic rings. The summed E-state index contributed by atoms with van der Waals surface area (Å²) in [6, 6.07) is 5.89. The molecule has 3 aliphatic rings. The Morgan fingerprint density at radius 2 is 1.61 bits per heavy atom. The summed E-state index contributed by atoms with van der Waals surface area (Å²) in [6.45, 7) is 15.8. The van der Waals surface area contributed by atoms with E-state index >= 15 is 8.78 Å². The third-order valence-electron chi connectivity index (χ3n) is 8.63. The molecular weight excluding hydrogens is 613 g/mol. The molecule has 242 valence electrons. The van der Waals surface area contributed by atoms with Gasteiger partial charge in [-0.15, -0.1) is 0 Å². The SMILES string of the molecule is CC(C)[Si]1(C(C)C)OC[C@H]2OC(n3ccc(NC(=O)c4ccc5c(c4)OCO5)nc3=O)C(F)(F)[C@@H]2O[Si](C(C)C)(C(C)C)O1. The van der Waals surface area contributed by atoms with Gasteiger partial charge in [0.1, 0.15) is 18.0 Å². The number of rotatable bonds is 7. The highest BCUT2D eigenvalue weighted by Crippen LogP contribution is 2.52. The number of nitrogens with one attached hydrogen (secondary N) is 1. The second kappa shape index (κ2) is 11.9. The van der Waals surface area contributed by atoms with Crippen LogP contribution in [0.15, 0.2) is 35.3 Å². The number of nitrogens with zero attached hydrogens (tertiary/aromatic N) is 2. The third-order valence-corrected chi connectivity index (χ3v) is 18.9. The van der Waals surface area contributed by atoms with Crippen LogP contribution in [0.2, 0.25) is 22.2 Å². The molecule has 1 N–H and O–H groups in total. The molecular formula is C29H41F2N3O8Si2. The van der Waals surface area contributed by atoms with Crippen molar-refractivity contribution in [2.45, 2.75) is 102 Å². The standard InChI is InChI=1S/C29H41F2N3O8Si2/c1-16(2)43(17(3)4)39-14-23-25(41-44(42-43,18(5)6)19(7)8)29(30,31)27(40-23)34-12-11-24(33-28(34)36)32-26(35)20-9-10-21-22(13-20)38-15-37-21/h9-13,16-19,23,25,27H,14-15H2,1-8H3,(H,32,33,35,36)/t23-,25-,27?/m1/s1. The number of hydrogen-bond acceptors (Lipinski definition) is 9. The molecule has 2 saturated heterocycles. The number of amides is 1. The highest BCUT2D eigenvalue weighted by Gasteiger charge is 2.67. The molecule has 15 heteroatoms. The highest BCUT2D eigenvalue weighted by molar-refractivity contribution is 6.84. The summed E-state index contributed by atoms with van der Waals surface area (Å²) in [5, 5.41) is 2.52. The van der Waals surface area contributed by atoms with Gasteiger partial charge in [0.25, 0.3) is 5.91 Å². The largest absolute Gasteiger partial charge is 0.454 e. The van der Waals surface area contributed by atoms with Gasteiger partial charge < -0.3 is 32.5 Å². The lowest BCUT2D eigenvalue weighted by molar-refractivity contribution is -0.140. The van der Waals surface area contributed by atoms with E-state index in [1.807, 2.05) is 55.4 Å². The van der Waals surface area contributed by atoms with Crippen LogP contribution >= 0.6 is 0 Å². The number of carbonyl (C=O) groups excluding carboxylic acids is 1. The fourth-order valence-corrected chi connectivity index (χ4v) is 17.5. The molecule has 3 atom stereocenters. The van der Waals surface area contributed by atoms with Crippen molar-refractivity contribution in [1.82, 2.24) is 9.55 Å². The minimum atomic E-state index is -3.63. The maximum atomic E-state index is 16.3. The first-order valence-electron chi connectivity index (χ1n) is 15.0. The van der Waals surface area contributed by atoms with Crippen LogP contribution in [0.5, 0.6) is 11.5 Å². The number of alkyl halides is 2. The molecule has 0 spiro atoms. The van der Waals surface area contributed by atoms with Gasteiger partial charge in [-0.1, -0.05) is 55.4 Å². The zero-order valence-corrected chi connectivity index (χ0v) is 28.3. The summed E-state index contributed by atoms with van der Waals surface area (Å²) >= 11 is 0. The quantitative estimate of drug-likeness (QED) is 0.375. The predicted molar refractivity (Wildman–Crippen MR) is 162 cm³/mol. The maximum absolute atomic E-state index is 16.3. The van der Waals surface area contributed by atoms with E-state index in [4.69, 9.17) is 27.2 Å². The van der Waals surface area contributed by atoms with Crippen LogP contribution < -0.4 is 20.5 Å². The first-order valence-corrected chi connectivity index (χ1v) is 18.9. The Morgan fingerprint density at radius 3 is 2.23 bits per heavy atom. The second-order valence-electron chi connectivity index (χ2n) is 12.7. The summed E-state index contributed by atoms with van der Waals surface area (Å²) in [5.41, 5.74) is -1.06. The number of hydrogen-bond donors (Lipinski definition) is 1. The first kappa shape index (κ1) is 32.7. The van der Waals surface area contributed by atoms with Gasteiger partial charge in [-0.25, -0.2) is 4.79 Å². The third kappa shape index (κ3) is 5.51. The number of carbonyl (C=O) groups is 1. The Bertz CT molecular complexity index is 1440. The molecule has 1 amide bonds. The van der Waals surface area contributed by atoms with E-state index in [0.717, 1.165) is 10.8 Å². The van der Waals surface area contributed by atoms with E-state index < -0.39 is 53.1 Å². The Kier molecular flexibility index (Phi) is 8.85. The van der Waals surface area contributed by atoms with Gasteiger partial charge in [0, 0.05) is 11.8 Å². The van der Waals surface area contributed by atoms with E-state index in [1.54, 1.807) is 6.07 Å². The van der Waals surface area contributed by atoms with Gasteiger partial charge in [0.2, 0.25) is 13.0 Å². The summed E-state index contributed by atoms with van der Waals surface area (Å²) in [5.74, 6) is -3.37. The molecule has 0 saturated carbocycles. The monoisotopic (exact) mass is 653 g/mol. The van der Waals surface area contributed by atoms with Gasteiger partial charge in [-0.2, -0.15) is 13.8 Å². The van der Waals surface area contributed by atoms with Crippen molar-refractivity contribution >= 4 is 28.8 Å². The van der Waals surface area contributed by atoms with Crippen LogP contribution in [0.25, 0.3) is 0 Å². The van der Waals surface area contributed by atoms with E-state index in [-0.39, 0.29) is 46.9 Å². The highest BCUT2D eigenvalue weighted by atomic mass is 28.5. The van der Waals surface area contributed by atoms with Crippen LogP contribution in [0, 0.1) is 0 Å². The topological polar surface area (TPSA) is 119 Å². The van der Waals surface area contributed by atoms with Gasteiger partial charge in [0.15, 0.2) is 11.5 Å². The second-order valence-corrected chi connectivity index (χ2v) is 21.6. The van der Waals surface area contributed by atoms with Gasteiger partial charge in [0.05, 0.1) is 6.61 Å². The van der Waals surface area contributed by atoms with Crippen molar-refractivity contribution in [3.63, 3.8) is 0 Å². The minimum absolute atomic E-state index is 0.0250. The van der Waals surface area contributed by atoms with E-state index in [9.17, 15) is 9.59 Å². The molecule has 5 rings (SSSR count). The normalized spacial score (nSPS) is 25.3. The van der Waals surface area contributed by atoms with E-state index in [0.29, 0.717) is 11.5 Å². The summed E-state index contributed by atoms with van der Waals surface area (Å²) in [4.78, 5) is 29.8. The lowest BCUT2D eigenvalue weighted by Crippen LogP contribution is -2.66. The summed E-state index contributed by atoms with van der Waals surface area (Å²) in [6.07, 6.45) is -3.72. The molecule has 1 unspecified atom stereocenters. The van der Waals surface area contributed by atoms with Gasteiger partial charge >= 0.3 is 28.7 Å². The molecule has 4 heterocycles. The van der Waals surface area contributed by atoms with E-state index in [1.165, 1.54) is 18.2 Å². The fourth-order valence-electron chi connectivity index (χ4n) is 6.26. The van der Waals surface area contributed by atoms with Crippen LogP contribution in [0.1, 0.15) is 72.0 Å². The zero-order chi connectivity index (χ0) is 32.2. The smallest absolute Gasteiger partial charge is 0.351 e. The zero-order valence-electron chi connectivity index (χ0n) is 26.3. The number of ether oxygens (including phenoxy) is 3. The molecule has 0 radical (unpaired) electrons. The Hall–Kier alpha value is -2.70. The van der Waals surface area contributed by atoms with Crippen molar-refractivity contribution in [1.29, 1.82) is 0 Å². The number of halogens is 2. The Labute approximate surface area is 257 Å². The average Bonchev–Trinajstić information content (AvgIpc) is 3.49. The lowest BCUT2D eigenvalue weighted by Gasteiger charge is -2.51. The van der Waals surface area contributed by atoms with Crippen molar-refractivity contribution in [2.75, 3.05) is 18.7 Å². The average molecular weight is 654 g/mol.